The molecule has 0 unspecified atom stereocenters. The smallest absolute Gasteiger partial charge is 0.246 e. The number of nitrogens with zero attached hydrogens (tertiary/aromatic N) is 4. The molecule has 6 nitrogen and oxygen atoms in total. The summed E-state index contributed by atoms with van der Waals surface area (Å²) in [6.45, 7) is 5.54. The van der Waals surface area contributed by atoms with Gasteiger partial charge >= 0.3 is 0 Å². The van der Waals surface area contributed by atoms with Crippen LogP contribution >= 0.6 is 0 Å². The van der Waals surface area contributed by atoms with Crippen LogP contribution in [0.4, 0.5) is 0 Å². The summed E-state index contributed by atoms with van der Waals surface area (Å²) in [5.74, 6) is 0.967. The van der Waals surface area contributed by atoms with E-state index in [1.165, 1.54) is 38.8 Å². The van der Waals surface area contributed by atoms with E-state index in [0.29, 0.717) is 41.6 Å². The minimum absolute atomic E-state index is 0.379. The Kier molecular flexibility index (Phi) is 4.67. The van der Waals surface area contributed by atoms with Crippen LogP contribution in [0, 0.1) is 18.8 Å². The van der Waals surface area contributed by atoms with Crippen molar-refractivity contribution in [1.82, 2.24) is 19.0 Å². The summed E-state index contributed by atoms with van der Waals surface area (Å²) >= 11 is 0. The van der Waals surface area contributed by atoms with Crippen LogP contribution in [0.15, 0.2) is 11.1 Å². The molecule has 140 valence electrons. The van der Waals surface area contributed by atoms with Gasteiger partial charge in [0.2, 0.25) is 10.0 Å². The van der Waals surface area contributed by atoms with Crippen molar-refractivity contribution >= 4 is 10.0 Å². The number of hydrogen-bond acceptors (Lipinski definition) is 4. The fourth-order valence-corrected chi connectivity index (χ4v) is 7.10. The molecular formula is C18H30N4O2S. The highest BCUT2D eigenvalue weighted by molar-refractivity contribution is 7.89. The predicted octanol–water partition coefficient (Wildman–Crippen LogP) is 2.00. The van der Waals surface area contributed by atoms with Gasteiger partial charge in [-0.15, -0.1) is 0 Å². The van der Waals surface area contributed by atoms with Crippen LogP contribution < -0.4 is 0 Å². The Morgan fingerprint density at radius 3 is 2.24 bits per heavy atom. The van der Waals surface area contributed by atoms with Crippen LogP contribution in [0.2, 0.25) is 0 Å². The van der Waals surface area contributed by atoms with Gasteiger partial charge in [-0.1, -0.05) is 12.8 Å². The molecule has 0 radical (unpaired) electrons. The molecule has 3 heterocycles. The molecule has 0 aromatic carbocycles. The van der Waals surface area contributed by atoms with Gasteiger partial charge in [-0.25, -0.2) is 8.42 Å². The van der Waals surface area contributed by atoms with E-state index < -0.39 is 10.0 Å². The van der Waals surface area contributed by atoms with Crippen molar-refractivity contribution in [2.45, 2.75) is 56.4 Å². The molecule has 3 fully saturated rings. The molecule has 3 aliphatic rings. The predicted molar refractivity (Wildman–Crippen MR) is 96.7 cm³/mol. The monoisotopic (exact) mass is 366 g/mol. The van der Waals surface area contributed by atoms with Crippen molar-refractivity contribution < 1.29 is 8.42 Å². The Balaban J connectivity index is 1.57. The van der Waals surface area contributed by atoms with Crippen LogP contribution in [0.5, 0.6) is 0 Å². The van der Waals surface area contributed by atoms with Crippen LogP contribution in [-0.4, -0.2) is 59.6 Å². The zero-order chi connectivity index (χ0) is 17.6. The van der Waals surface area contributed by atoms with Crippen LogP contribution in [0.3, 0.4) is 0 Å². The molecule has 1 aliphatic carbocycles. The number of piperidine rings is 2. The highest BCUT2D eigenvalue weighted by Crippen LogP contribution is 2.40. The Bertz CT molecular complexity index is 709. The third kappa shape index (κ3) is 3.15. The standard InChI is InChI=1S/C18H30N4O2S/c1-14-17(13-20(2)19-14)25(23,24)22-11-15-7-6-8-16(12-22)18(15)21-9-4-3-5-10-21/h13,15-16,18H,3-12H2,1-2H3/t15-,16-/m1/s1. The molecule has 2 saturated heterocycles. The summed E-state index contributed by atoms with van der Waals surface area (Å²) in [5, 5.41) is 4.24. The van der Waals surface area contributed by atoms with Gasteiger partial charge in [-0.05, 0) is 57.5 Å². The van der Waals surface area contributed by atoms with E-state index in [1.54, 1.807) is 29.2 Å². The van der Waals surface area contributed by atoms with Gasteiger partial charge in [0.1, 0.15) is 4.90 Å². The summed E-state index contributed by atoms with van der Waals surface area (Å²) in [4.78, 5) is 3.06. The van der Waals surface area contributed by atoms with Gasteiger partial charge in [0, 0.05) is 32.4 Å². The first kappa shape index (κ1) is 17.5. The maximum absolute atomic E-state index is 13.2. The number of aryl methyl sites for hydroxylation is 2. The first-order valence-corrected chi connectivity index (χ1v) is 11.2. The first-order chi connectivity index (χ1) is 12.0. The second-order valence-corrected chi connectivity index (χ2v) is 10.0. The third-order valence-electron chi connectivity index (χ3n) is 6.39. The quantitative estimate of drug-likeness (QED) is 0.821. The largest absolute Gasteiger partial charge is 0.300 e. The number of rotatable bonds is 3. The Hall–Kier alpha value is -0.920. The molecule has 0 spiro atoms. The number of sulfonamides is 1. The van der Waals surface area contributed by atoms with Crippen LogP contribution in [-0.2, 0) is 17.1 Å². The van der Waals surface area contributed by atoms with Gasteiger partial charge in [-0.2, -0.15) is 9.40 Å². The molecule has 2 aliphatic heterocycles. The van der Waals surface area contributed by atoms with Gasteiger partial charge in [0.25, 0.3) is 0 Å². The summed E-state index contributed by atoms with van der Waals surface area (Å²) in [6, 6.07) is 0.593. The van der Waals surface area contributed by atoms with Gasteiger partial charge < -0.3 is 0 Å². The van der Waals surface area contributed by atoms with Crippen molar-refractivity contribution in [2.75, 3.05) is 26.2 Å². The van der Waals surface area contributed by atoms with E-state index in [0.717, 1.165) is 12.8 Å². The minimum atomic E-state index is -3.44. The number of aromatic nitrogens is 2. The zero-order valence-electron chi connectivity index (χ0n) is 15.4. The molecular weight excluding hydrogens is 336 g/mol. The van der Waals surface area contributed by atoms with E-state index in [1.807, 2.05) is 0 Å². The van der Waals surface area contributed by atoms with E-state index >= 15 is 0 Å². The van der Waals surface area contributed by atoms with Crippen LogP contribution in [0.25, 0.3) is 0 Å². The van der Waals surface area contributed by atoms with Gasteiger partial charge in [0.05, 0.1) is 5.69 Å². The lowest BCUT2D eigenvalue weighted by Crippen LogP contribution is -2.59. The molecule has 1 saturated carbocycles. The minimum Gasteiger partial charge on any atom is -0.300 e. The normalized spacial score (nSPS) is 32.0. The fraction of sp³-hybridized carbons (Fsp3) is 0.833. The van der Waals surface area contributed by atoms with E-state index in [-0.39, 0.29) is 0 Å². The topological polar surface area (TPSA) is 58.4 Å². The maximum Gasteiger partial charge on any atom is 0.246 e. The SMILES string of the molecule is Cc1nn(C)cc1S(=O)(=O)N1C[C@H]2CCC[C@H](C1)C2N1CCCCC1. The van der Waals surface area contributed by atoms with Gasteiger partial charge in [-0.3, -0.25) is 9.58 Å². The zero-order valence-corrected chi connectivity index (χ0v) is 16.2. The maximum atomic E-state index is 13.2. The van der Waals surface area contributed by atoms with Crippen molar-refractivity contribution in [2.24, 2.45) is 18.9 Å². The molecule has 0 N–H and O–H groups in total. The number of fused-ring (bicyclic) bond motifs is 2. The lowest BCUT2D eigenvalue weighted by atomic mass is 9.73. The lowest BCUT2D eigenvalue weighted by molar-refractivity contribution is -0.00312. The molecule has 25 heavy (non-hydrogen) atoms. The summed E-state index contributed by atoms with van der Waals surface area (Å²) in [7, 11) is -1.66. The van der Waals surface area contributed by atoms with Crippen molar-refractivity contribution in [3.63, 3.8) is 0 Å². The molecule has 0 amide bonds. The molecule has 2 bridgehead atoms. The first-order valence-electron chi connectivity index (χ1n) is 9.71. The van der Waals surface area contributed by atoms with Crippen LogP contribution in [0.1, 0.15) is 44.2 Å². The molecule has 2 atom stereocenters. The highest BCUT2D eigenvalue weighted by Gasteiger charge is 2.46. The second kappa shape index (κ2) is 6.67. The Morgan fingerprint density at radius 1 is 1.04 bits per heavy atom. The summed E-state index contributed by atoms with van der Waals surface area (Å²) in [5.41, 5.74) is 0.603. The van der Waals surface area contributed by atoms with E-state index in [2.05, 4.69) is 10.00 Å². The van der Waals surface area contributed by atoms with Crippen molar-refractivity contribution in [1.29, 1.82) is 0 Å². The molecule has 7 heteroatoms. The number of hydrogen-bond donors (Lipinski definition) is 0. The lowest BCUT2D eigenvalue weighted by Gasteiger charge is -2.51. The van der Waals surface area contributed by atoms with Crippen molar-refractivity contribution in [3.8, 4) is 0 Å². The molecule has 4 rings (SSSR count). The van der Waals surface area contributed by atoms with Gasteiger partial charge in [0.15, 0.2) is 0 Å². The molecule has 1 aromatic heterocycles. The Morgan fingerprint density at radius 2 is 1.68 bits per heavy atom. The highest BCUT2D eigenvalue weighted by atomic mass is 32.2. The fourth-order valence-electron chi connectivity index (χ4n) is 5.34. The summed E-state index contributed by atoms with van der Waals surface area (Å²) in [6.07, 6.45) is 9.17. The molecule has 1 aromatic rings. The Labute approximate surface area is 151 Å². The van der Waals surface area contributed by atoms with E-state index in [4.69, 9.17) is 0 Å². The van der Waals surface area contributed by atoms with Crippen molar-refractivity contribution in [3.05, 3.63) is 11.9 Å². The average molecular weight is 367 g/mol. The third-order valence-corrected chi connectivity index (χ3v) is 8.33. The van der Waals surface area contributed by atoms with E-state index in [9.17, 15) is 8.42 Å². The average Bonchev–Trinajstić information content (AvgIpc) is 2.93. The second-order valence-electron chi connectivity index (χ2n) is 8.11. The number of likely N-dealkylation sites (tertiary alicyclic amines) is 1. The summed E-state index contributed by atoms with van der Waals surface area (Å²) < 4.78 is 29.7.